The van der Waals surface area contributed by atoms with Crippen LogP contribution in [0, 0.1) is 0 Å². The molecule has 96 valence electrons. The second-order valence-corrected chi connectivity index (χ2v) is 6.83. The fourth-order valence-corrected chi connectivity index (χ4v) is 4.87. The van der Waals surface area contributed by atoms with E-state index in [1.165, 1.54) is 4.68 Å². The van der Waals surface area contributed by atoms with Crippen LogP contribution in [0.5, 0.6) is 0 Å². The average molecular weight is 323 g/mol. The molecule has 17 heavy (non-hydrogen) atoms. The molecule has 0 bridgehead atoms. The van der Waals surface area contributed by atoms with Gasteiger partial charge in [-0.15, -0.1) is 5.10 Å². The topological polar surface area (TPSA) is 68.1 Å². The number of piperidine rings is 1. The largest absolute Gasteiger partial charge is 0.263 e. The Hall–Kier alpha value is -0.470. The molecule has 0 saturated carbocycles. The molecule has 1 aromatic heterocycles. The summed E-state index contributed by atoms with van der Waals surface area (Å²) in [6.07, 6.45) is 2.90. The molecule has 0 radical (unpaired) electrons. The minimum absolute atomic E-state index is 0.0375. The molecule has 1 unspecified atom stereocenters. The molecule has 0 amide bonds. The van der Waals surface area contributed by atoms with Crippen LogP contribution in [0.15, 0.2) is 9.63 Å². The van der Waals surface area contributed by atoms with Gasteiger partial charge in [-0.2, -0.15) is 4.31 Å². The first-order valence-electron chi connectivity index (χ1n) is 5.51. The van der Waals surface area contributed by atoms with Crippen LogP contribution in [-0.4, -0.2) is 40.3 Å². The summed E-state index contributed by atoms with van der Waals surface area (Å²) in [5.41, 5.74) is 0. The first-order chi connectivity index (χ1) is 7.94. The number of aryl methyl sites for hydroxylation is 1. The lowest BCUT2D eigenvalue weighted by Crippen LogP contribution is -2.42. The van der Waals surface area contributed by atoms with Crippen LogP contribution in [0.3, 0.4) is 0 Å². The van der Waals surface area contributed by atoms with Crippen molar-refractivity contribution >= 4 is 26.0 Å². The van der Waals surface area contributed by atoms with Gasteiger partial charge in [-0.1, -0.05) is 11.6 Å². The Labute approximate surface area is 109 Å². The van der Waals surface area contributed by atoms with Crippen LogP contribution in [-0.2, 0) is 17.1 Å². The standard InChI is InChI=1S/C9H15BrN4O2S/c1-7-5-3-4-6-14(7)17(15,16)9-8(10)11-12-13(9)2/h7H,3-6H2,1-2H3. The van der Waals surface area contributed by atoms with Gasteiger partial charge in [0.1, 0.15) is 0 Å². The fraction of sp³-hybridized carbons (Fsp3) is 0.778. The van der Waals surface area contributed by atoms with Crippen molar-refractivity contribution in [1.82, 2.24) is 19.3 Å². The number of hydrogen-bond donors (Lipinski definition) is 0. The maximum Gasteiger partial charge on any atom is 0.263 e. The molecule has 1 aliphatic heterocycles. The second-order valence-electron chi connectivity index (χ2n) is 4.27. The van der Waals surface area contributed by atoms with Gasteiger partial charge in [0.05, 0.1) is 0 Å². The fourth-order valence-electron chi connectivity index (χ4n) is 2.14. The van der Waals surface area contributed by atoms with Crippen molar-refractivity contribution in [3.05, 3.63) is 4.60 Å². The van der Waals surface area contributed by atoms with E-state index in [9.17, 15) is 8.42 Å². The van der Waals surface area contributed by atoms with E-state index in [1.807, 2.05) is 6.92 Å². The molecular formula is C9H15BrN4O2S. The van der Waals surface area contributed by atoms with Crippen molar-refractivity contribution in [2.45, 2.75) is 37.3 Å². The Morgan fingerprint density at radius 2 is 2.12 bits per heavy atom. The highest BCUT2D eigenvalue weighted by atomic mass is 79.9. The third kappa shape index (κ3) is 2.25. The number of aromatic nitrogens is 3. The van der Waals surface area contributed by atoms with Crippen LogP contribution in [0.4, 0.5) is 0 Å². The maximum absolute atomic E-state index is 12.5. The van der Waals surface area contributed by atoms with Crippen molar-refractivity contribution in [3.8, 4) is 0 Å². The van der Waals surface area contributed by atoms with Crippen molar-refractivity contribution in [1.29, 1.82) is 0 Å². The van der Waals surface area contributed by atoms with Crippen molar-refractivity contribution < 1.29 is 8.42 Å². The minimum atomic E-state index is -3.50. The number of nitrogens with zero attached hydrogens (tertiary/aromatic N) is 4. The Morgan fingerprint density at radius 1 is 1.41 bits per heavy atom. The van der Waals surface area contributed by atoms with Crippen LogP contribution in [0.25, 0.3) is 0 Å². The molecule has 0 aliphatic carbocycles. The predicted octanol–water partition coefficient (Wildman–Crippen LogP) is 1.14. The molecule has 1 atom stereocenters. The first kappa shape index (κ1) is 13.0. The highest BCUT2D eigenvalue weighted by Crippen LogP contribution is 2.27. The zero-order valence-corrected chi connectivity index (χ0v) is 12.2. The van der Waals surface area contributed by atoms with Gasteiger partial charge in [0.2, 0.25) is 5.03 Å². The number of sulfonamides is 1. The molecule has 2 rings (SSSR count). The van der Waals surface area contributed by atoms with Gasteiger partial charge in [0.25, 0.3) is 10.0 Å². The van der Waals surface area contributed by atoms with Gasteiger partial charge in [0, 0.05) is 19.6 Å². The van der Waals surface area contributed by atoms with Crippen molar-refractivity contribution in [2.24, 2.45) is 7.05 Å². The smallest absolute Gasteiger partial charge is 0.235 e. The van der Waals surface area contributed by atoms with Gasteiger partial charge in [0.15, 0.2) is 4.60 Å². The highest BCUT2D eigenvalue weighted by molar-refractivity contribution is 9.10. The summed E-state index contributed by atoms with van der Waals surface area (Å²) in [5.74, 6) is 0. The van der Waals surface area contributed by atoms with Crippen molar-refractivity contribution in [2.75, 3.05) is 6.54 Å². The highest BCUT2D eigenvalue weighted by Gasteiger charge is 2.35. The summed E-state index contributed by atoms with van der Waals surface area (Å²) in [5, 5.41) is 7.57. The van der Waals surface area contributed by atoms with Crippen LogP contribution < -0.4 is 0 Å². The SMILES string of the molecule is CC1CCCCN1S(=O)(=O)c1c(Br)nnn1C. The Bertz CT molecular complexity index is 494. The zero-order valence-electron chi connectivity index (χ0n) is 9.80. The van der Waals surface area contributed by atoms with E-state index in [0.29, 0.717) is 6.54 Å². The lowest BCUT2D eigenvalue weighted by Gasteiger charge is -2.31. The van der Waals surface area contributed by atoms with Crippen LogP contribution >= 0.6 is 15.9 Å². The molecule has 6 nitrogen and oxygen atoms in total. The maximum atomic E-state index is 12.5. The molecule has 1 saturated heterocycles. The minimum Gasteiger partial charge on any atom is -0.235 e. The molecule has 1 fully saturated rings. The Balaban J connectivity index is 2.42. The summed E-state index contributed by atoms with van der Waals surface area (Å²) in [6, 6.07) is 0.0375. The summed E-state index contributed by atoms with van der Waals surface area (Å²) < 4.78 is 28.1. The lowest BCUT2D eigenvalue weighted by atomic mass is 10.1. The van der Waals surface area contributed by atoms with Crippen molar-refractivity contribution in [3.63, 3.8) is 0 Å². The molecule has 1 aromatic rings. The second kappa shape index (κ2) is 4.66. The van der Waals surface area contributed by atoms with Gasteiger partial charge in [-0.05, 0) is 35.7 Å². The molecule has 1 aliphatic rings. The lowest BCUT2D eigenvalue weighted by molar-refractivity contribution is 0.267. The summed E-state index contributed by atoms with van der Waals surface area (Å²) >= 11 is 3.14. The van der Waals surface area contributed by atoms with Gasteiger partial charge >= 0.3 is 0 Å². The monoisotopic (exact) mass is 322 g/mol. The zero-order chi connectivity index (χ0) is 12.6. The Kier molecular flexibility index (Phi) is 3.55. The summed E-state index contributed by atoms with van der Waals surface area (Å²) in [4.78, 5) is 0. The predicted molar refractivity (Wildman–Crippen MR) is 65.9 cm³/mol. The Morgan fingerprint density at radius 3 is 2.65 bits per heavy atom. The summed E-state index contributed by atoms with van der Waals surface area (Å²) in [6.45, 7) is 2.51. The molecule has 0 N–H and O–H groups in total. The van der Waals surface area contributed by atoms with Gasteiger partial charge < -0.3 is 0 Å². The number of halogens is 1. The molecular weight excluding hydrogens is 308 g/mol. The third-order valence-electron chi connectivity index (χ3n) is 3.03. The normalized spacial score (nSPS) is 22.9. The van der Waals surface area contributed by atoms with E-state index >= 15 is 0 Å². The molecule has 0 aromatic carbocycles. The average Bonchev–Trinajstić information content (AvgIpc) is 2.59. The molecule has 0 spiro atoms. The number of rotatable bonds is 2. The van der Waals surface area contributed by atoms with Gasteiger partial charge in [-0.3, -0.25) is 0 Å². The first-order valence-corrected chi connectivity index (χ1v) is 7.75. The summed E-state index contributed by atoms with van der Waals surface area (Å²) in [7, 11) is -1.92. The van der Waals surface area contributed by atoms with Gasteiger partial charge in [-0.25, -0.2) is 13.1 Å². The van der Waals surface area contributed by atoms with E-state index in [2.05, 4.69) is 26.2 Å². The molecule has 8 heteroatoms. The van der Waals surface area contributed by atoms with E-state index in [1.54, 1.807) is 11.4 Å². The van der Waals surface area contributed by atoms with E-state index < -0.39 is 10.0 Å². The van der Waals surface area contributed by atoms with Crippen LogP contribution in [0.2, 0.25) is 0 Å². The van der Waals surface area contributed by atoms with E-state index in [4.69, 9.17) is 0 Å². The third-order valence-corrected chi connectivity index (χ3v) is 5.93. The number of hydrogen-bond acceptors (Lipinski definition) is 4. The van der Waals surface area contributed by atoms with E-state index in [-0.39, 0.29) is 15.7 Å². The van der Waals surface area contributed by atoms with Crippen LogP contribution in [0.1, 0.15) is 26.2 Å². The molecule has 2 heterocycles. The van der Waals surface area contributed by atoms with E-state index in [0.717, 1.165) is 19.3 Å². The quantitative estimate of drug-likeness (QED) is 0.818.